The number of hydrogen-bond donors (Lipinski definition) is 4. The monoisotopic (exact) mass is 613 g/mol. The third-order valence-corrected chi connectivity index (χ3v) is 6.68. The summed E-state index contributed by atoms with van der Waals surface area (Å²) in [5.74, 6) is -1.71. The number of carboxylic acid groups (broad SMARTS) is 1. The number of nitrogens with one attached hydrogen (secondary N) is 3. The number of hydrogen-bond acceptors (Lipinski definition) is 9. The number of halogens is 5. The van der Waals surface area contributed by atoms with Gasteiger partial charge in [-0.2, -0.15) is 18.3 Å². The number of benzene rings is 1. The minimum absolute atomic E-state index is 0.0156. The van der Waals surface area contributed by atoms with Gasteiger partial charge in [0.15, 0.2) is 17.4 Å². The number of carbonyl (C=O) groups is 1. The first-order valence-electron chi connectivity index (χ1n) is 12.4. The van der Waals surface area contributed by atoms with Crippen LogP contribution in [0.1, 0.15) is 43.1 Å². The van der Waals surface area contributed by atoms with E-state index in [0.29, 0.717) is 55.5 Å². The van der Waals surface area contributed by atoms with E-state index >= 15 is 0 Å². The van der Waals surface area contributed by atoms with Gasteiger partial charge in [-0.3, -0.25) is 5.10 Å². The minimum atomic E-state index is -5.08. The second-order valence-corrected chi connectivity index (χ2v) is 9.85. The Labute approximate surface area is 239 Å². The Bertz CT molecular complexity index is 1570. The Morgan fingerprint density at radius 2 is 1.93 bits per heavy atom. The molecule has 4 aromatic rings. The molecule has 0 spiro atoms. The molecule has 1 aromatic carbocycles. The van der Waals surface area contributed by atoms with E-state index in [2.05, 4.69) is 35.7 Å². The van der Waals surface area contributed by atoms with Gasteiger partial charge in [-0.1, -0.05) is 17.7 Å². The normalized spacial score (nSPS) is 18.6. The molecular weight excluding hydrogens is 590 g/mol. The summed E-state index contributed by atoms with van der Waals surface area (Å²) in [6.45, 7) is 1.88. The van der Waals surface area contributed by atoms with Gasteiger partial charge in [-0.25, -0.2) is 29.0 Å². The fourth-order valence-electron chi connectivity index (χ4n) is 4.48. The molecule has 1 fully saturated rings. The first kappa shape index (κ1) is 30.5. The molecule has 0 radical (unpaired) electrons. The number of H-pyrrole nitrogens is 2. The van der Waals surface area contributed by atoms with Gasteiger partial charge in [0.1, 0.15) is 11.6 Å². The standard InChI is InChI=1S/C23H23ClFN7O3.C2HF3O2/c1-13-11-18(28-17-7-10-26-30-17)29-19(27-13)12-23(21-31-32-22(33)35-21)8-5-14(6-9-23)34-16-4-2-3-15(24)20(16)25;3-2(4,5)1(6)7/h2-4,7,10-11,14H,5-6,8-9,12H2,1H3,(H,32,33)(H2,26,27,28,29,30);(H,6,7)/t14-,23-;. The molecule has 3 aromatic heterocycles. The van der Waals surface area contributed by atoms with Crippen LogP contribution in [0.5, 0.6) is 5.75 Å². The van der Waals surface area contributed by atoms with Crippen LogP contribution in [-0.2, 0) is 16.6 Å². The van der Waals surface area contributed by atoms with Crippen molar-refractivity contribution < 1.29 is 36.6 Å². The predicted molar refractivity (Wildman–Crippen MR) is 139 cm³/mol. The highest BCUT2D eigenvalue weighted by molar-refractivity contribution is 6.30. The van der Waals surface area contributed by atoms with Crippen LogP contribution in [-0.4, -0.2) is 53.7 Å². The van der Waals surface area contributed by atoms with E-state index in [4.69, 9.17) is 30.7 Å². The van der Waals surface area contributed by atoms with E-state index in [1.807, 2.05) is 13.0 Å². The first-order valence-corrected chi connectivity index (χ1v) is 12.8. The molecule has 3 heterocycles. The fourth-order valence-corrected chi connectivity index (χ4v) is 4.64. The van der Waals surface area contributed by atoms with Crippen LogP contribution >= 0.6 is 11.6 Å². The Balaban J connectivity index is 0.000000517. The maximum absolute atomic E-state index is 14.3. The average Bonchev–Trinajstić information content (AvgIpc) is 3.59. The van der Waals surface area contributed by atoms with Crippen molar-refractivity contribution in [2.45, 2.75) is 56.7 Å². The topological polar surface area (TPSA) is 172 Å². The number of aromatic amines is 2. The van der Waals surface area contributed by atoms with Crippen molar-refractivity contribution in [3.05, 3.63) is 75.3 Å². The average molecular weight is 614 g/mol. The van der Waals surface area contributed by atoms with Crippen LogP contribution in [0, 0.1) is 12.7 Å². The van der Waals surface area contributed by atoms with Gasteiger partial charge in [-0.05, 0) is 44.7 Å². The Morgan fingerprint density at radius 1 is 1.21 bits per heavy atom. The van der Waals surface area contributed by atoms with E-state index in [1.54, 1.807) is 24.4 Å². The molecule has 1 aliphatic carbocycles. The summed E-state index contributed by atoms with van der Waals surface area (Å²) in [6, 6.07) is 8.30. The summed E-state index contributed by atoms with van der Waals surface area (Å²) in [7, 11) is 0. The van der Waals surface area contributed by atoms with Crippen molar-refractivity contribution in [3.63, 3.8) is 0 Å². The molecule has 224 valence electrons. The second kappa shape index (κ2) is 12.6. The SMILES string of the molecule is Cc1cc(Nc2cc[nH]n2)nc(C[C@]2(c3n[nH]c(=O)o3)CC[C@H](Oc3cccc(Cl)c3F)CC2)n1.O=C(O)C(F)(F)F. The summed E-state index contributed by atoms with van der Waals surface area (Å²) in [5.41, 5.74) is 0.156. The first-order chi connectivity index (χ1) is 19.8. The molecule has 17 heteroatoms. The third-order valence-electron chi connectivity index (χ3n) is 6.39. The molecule has 0 bridgehead atoms. The van der Waals surface area contributed by atoms with Crippen molar-refractivity contribution in [2.24, 2.45) is 0 Å². The molecule has 12 nitrogen and oxygen atoms in total. The lowest BCUT2D eigenvalue weighted by molar-refractivity contribution is -0.192. The molecule has 42 heavy (non-hydrogen) atoms. The Hall–Kier alpha value is -4.47. The van der Waals surface area contributed by atoms with Gasteiger partial charge < -0.3 is 19.6 Å². The zero-order chi connectivity index (χ0) is 30.5. The van der Waals surface area contributed by atoms with Crippen molar-refractivity contribution in [3.8, 4) is 5.75 Å². The number of aryl methyl sites for hydroxylation is 1. The third kappa shape index (κ3) is 7.63. The molecule has 0 unspecified atom stereocenters. The van der Waals surface area contributed by atoms with Gasteiger partial charge in [0.25, 0.3) is 0 Å². The smallest absolute Gasteiger partial charge is 0.487 e. The Kier molecular flexibility index (Phi) is 9.14. The molecule has 0 atom stereocenters. The van der Waals surface area contributed by atoms with Crippen molar-refractivity contribution in [1.29, 1.82) is 0 Å². The summed E-state index contributed by atoms with van der Waals surface area (Å²) < 4.78 is 57.4. The van der Waals surface area contributed by atoms with Gasteiger partial charge >= 0.3 is 17.9 Å². The van der Waals surface area contributed by atoms with Crippen LogP contribution in [0.25, 0.3) is 0 Å². The second-order valence-electron chi connectivity index (χ2n) is 9.44. The molecule has 5 rings (SSSR count). The van der Waals surface area contributed by atoms with E-state index in [1.165, 1.54) is 6.07 Å². The van der Waals surface area contributed by atoms with E-state index in [-0.39, 0.29) is 16.9 Å². The van der Waals surface area contributed by atoms with Gasteiger partial charge in [0.2, 0.25) is 5.89 Å². The molecule has 0 amide bonds. The van der Waals surface area contributed by atoms with E-state index < -0.39 is 29.1 Å². The van der Waals surface area contributed by atoms with Crippen molar-refractivity contribution in [1.82, 2.24) is 30.4 Å². The number of alkyl halides is 3. The van der Waals surface area contributed by atoms with E-state index in [9.17, 15) is 22.4 Å². The van der Waals surface area contributed by atoms with Gasteiger partial charge in [0.05, 0.1) is 16.5 Å². The van der Waals surface area contributed by atoms with Crippen LogP contribution in [0.3, 0.4) is 0 Å². The number of aliphatic carboxylic acids is 1. The predicted octanol–water partition coefficient (Wildman–Crippen LogP) is 4.86. The zero-order valence-electron chi connectivity index (χ0n) is 21.8. The van der Waals surface area contributed by atoms with Crippen molar-refractivity contribution in [2.75, 3.05) is 5.32 Å². The summed E-state index contributed by atoms with van der Waals surface area (Å²) in [5, 5.41) is 23.6. The highest BCUT2D eigenvalue weighted by atomic mass is 35.5. The van der Waals surface area contributed by atoms with Crippen LogP contribution in [0.15, 0.2) is 45.7 Å². The van der Waals surface area contributed by atoms with Gasteiger partial charge in [-0.15, -0.1) is 5.10 Å². The van der Waals surface area contributed by atoms with E-state index in [0.717, 1.165) is 5.69 Å². The number of aromatic nitrogens is 6. The number of nitrogens with zero attached hydrogens (tertiary/aromatic N) is 4. The quantitative estimate of drug-likeness (QED) is 0.211. The zero-order valence-corrected chi connectivity index (χ0v) is 22.6. The molecule has 0 saturated heterocycles. The maximum atomic E-state index is 14.3. The number of anilines is 2. The maximum Gasteiger partial charge on any atom is 0.490 e. The molecule has 4 N–H and O–H groups in total. The van der Waals surface area contributed by atoms with Crippen molar-refractivity contribution >= 4 is 29.2 Å². The lowest BCUT2D eigenvalue weighted by Gasteiger charge is -2.37. The van der Waals surface area contributed by atoms with Crippen LogP contribution in [0.4, 0.5) is 29.2 Å². The summed E-state index contributed by atoms with van der Waals surface area (Å²) >= 11 is 5.89. The minimum Gasteiger partial charge on any atom is -0.487 e. The van der Waals surface area contributed by atoms with Crippen LogP contribution in [0.2, 0.25) is 5.02 Å². The van der Waals surface area contributed by atoms with Crippen LogP contribution < -0.4 is 15.8 Å². The number of carboxylic acids is 1. The highest BCUT2D eigenvalue weighted by Gasteiger charge is 2.43. The molecule has 1 aliphatic rings. The van der Waals surface area contributed by atoms with Gasteiger partial charge in [0, 0.05) is 30.4 Å². The lowest BCUT2D eigenvalue weighted by Crippen LogP contribution is -2.38. The lowest BCUT2D eigenvalue weighted by atomic mass is 9.70. The molecule has 0 aliphatic heterocycles. The number of ether oxygens (including phenoxy) is 1. The fraction of sp³-hybridized carbons (Fsp3) is 0.360. The summed E-state index contributed by atoms with van der Waals surface area (Å²) in [6.07, 6.45) is -0.867. The number of rotatable bonds is 7. The highest BCUT2D eigenvalue weighted by Crippen LogP contribution is 2.42. The summed E-state index contributed by atoms with van der Waals surface area (Å²) in [4.78, 5) is 29.9. The largest absolute Gasteiger partial charge is 0.490 e. The molecular formula is C25H24ClF4N7O5. The Morgan fingerprint density at radius 3 is 2.52 bits per heavy atom. The molecule has 1 saturated carbocycles.